The topological polar surface area (TPSA) is 61.7 Å². The Hall–Kier alpha value is -1.41. The van der Waals surface area contributed by atoms with Gasteiger partial charge in [0.15, 0.2) is 0 Å². The van der Waals surface area contributed by atoms with Gasteiger partial charge >= 0.3 is 0 Å². The van der Waals surface area contributed by atoms with Crippen molar-refractivity contribution in [3.63, 3.8) is 0 Å². The number of halogens is 2. The van der Waals surface area contributed by atoms with Crippen LogP contribution in [0, 0.1) is 3.57 Å². The number of hydrogen-bond donors (Lipinski definition) is 2. The van der Waals surface area contributed by atoms with E-state index in [4.69, 9.17) is 0 Å². The van der Waals surface area contributed by atoms with Crippen LogP contribution in [-0.4, -0.2) is 17.2 Å². The molecule has 0 unspecified atom stereocenters. The lowest BCUT2D eigenvalue weighted by Gasteiger charge is -2.01. The molecule has 0 radical (unpaired) electrons. The molecule has 0 saturated carbocycles. The van der Waals surface area contributed by atoms with E-state index in [2.05, 4.69) is 49.0 Å². The predicted molar refractivity (Wildman–Crippen MR) is 90.0 cm³/mol. The van der Waals surface area contributed by atoms with Crippen molar-refractivity contribution < 1.29 is 9.90 Å². The van der Waals surface area contributed by atoms with E-state index >= 15 is 0 Å². The van der Waals surface area contributed by atoms with Gasteiger partial charge < -0.3 is 5.11 Å². The predicted octanol–water partition coefficient (Wildman–Crippen LogP) is 3.52. The van der Waals surface area contributed by atoms with Crippen LogP contribution in [0.1, 0.15) is 15.9 Å². The van der Waals surface area contributed by atoms with Gasteiger partial charge in [-0.05, 0) is 59.0 Å². The zero-order chi connectivity index (χ0) is 14.5. The second-order valence-corrected chi connectivity index (χ2v) is 6.07. The van der Waals surface area contributed by atoms with Crippen molar-refractivity contribution in [2.75, 3.05) is 0 Å². The fourth-order valence-corrected chi connectivity index (χ4v) is 2.41. The summed E-state index contributed by atoms with van der Waals surface area (Å²) in [6.45, 7) is 0. The van der Waals surface area contributed by atoms with Gasteiger partial charge in [0.2, 0.25) is 0 Å². The van der Waals surface area contributed by atoms with Gasteiger partial charge in [0.1, 0.15) is 5.75 Å². The lowest BCUT2D eigenvalue weighted by molar-refractivity contribution is 0.0955. The highest BCUT2D eigenvalue weighted by atomic mass is 127. The number of aromatic hydroxyl groups is 1. The summed E-state index contributed by atoms with van der Waals surface area (Å²) in [5.74, 6) is -0.199. The molecule has 0 bridgehead atoms. The summed E-state index contributed by atoms with van der Waals surface area (Å²) in [5, 5.41) is 13.5. The third kappa shape index (κ3) is 4.04. The largest absolute Gasteiger partial charge is 0.507 e. The third-order valence-electron chi connectivity index (χ3n) is 2.45. The van der Waals surface area contributed by atoms with Crippen molar-refractivity contribution in [1.82, 2.24) is 5.43 Å². The zero-order valence-electron chi connectivity index (χ0n) is 10.2. The first-order valence-corrected chi connectivity index (χ1v) is 7.51. The summed E-state index contributed by atoms with van der Waals surface area (Å²) in [5.41, 5.74) is 3.47. The van der Waals surface area contributed by atoms with Gasteiger partial charge in [0.05, 0.1) is 6.21 Å². The van der Waals surface area contributed by atoms with Crippen LogP contribution in [0.15, 0.2) is 52.0 Å². The molecule has 0 spiro atoms. The summed E-state index contributed by atoms with van der Waals surface area (Å²) in [4.78, 5) is 11.8. The fourth-order valence-electron chi connectivity index (χ4n) is 1.48. The van der Waals surface area contributed by atoms with Crippen LogP contribution in [-0.2, 0) is 0 Å². The maximum atomic E-state index is 11.8. The van der Waals surface area contributed by atoms with Crippen LogP contribution < -0.4 is 5.43 Å². The molecule has 20 heavy (non-hydrogen) atoms. The molecular weight excluding hydrogens is 435 g/mol. The first-order valence-electron chi connectivity index (χ1n) is 5.64. The highest BCUT2D eigenvalue weighted by Gasteiger charge is 2.04. The van der Waals surface area contributed by atoms with Crippen molar-refractivity contribution in [2.24, 2.45) is 5.10 Å². The number of nitrogens with one attached hydrogen (secondary N) is 1. The molecule has 2 N–H and O–H groups in total. The molecule has 102 valence electrons. The minimum atomic E-state index is -0.297. The Morgan fingerprint density at radius 2 is 2.10 bits per heavy atom. The van der Waals surface area contributed by atoms with Gasteiger partial charge in [0.25, 0.3) is 5.91 Å². The molecule has 0 fully saturated rings. The van der Waals surface area contributed by atoms with Gasteiger partial charge in [0, 0.05) is 19.2 Å². The lowest BCUT2D eigenvalue weighted by Crippen LogP contribution is -2.17. The highest BCUT2D eigenvalue weighted by Crippen LogP contribution is 2.19. The number of rotatable bonds is 3. The van der Waals surface area contributed by atoms with Crippen molar-refractivity contribution >= 4 is 50.6 Å². The standard InChI is InChI=1S/C14H10BrIN2O2/c15-11-4-5-13(19)10(6-11)8-17-18-14(20)9-2-1-3-12(16)7-9/h1-8,19H,(H,18,20). The number of hydrogen-bond acceptors (Lipinski definition) is 3. The maximum Gasteiger partial charge on any atom is 0.271 e. The summed E-state index contributed by atoms with van der Waals surface area (Å²) in [6, 6.07) is 12.2. The van der Waals surface area contributed by atoms with Gasteiger partial charge in [-0.1, -0.05) is 22.0 Å². The molecule has 4 nitrogen and oxygen atoms in total. The summed E-state index contributed by atoms with van der Waals surface area (Å²) >= 11 is 5.44. The molecule has 2 rings (SSSR count). The monoisotopic (exact) mass is 444 g/mol. The number of hydrazone groups is 1. The number of amides is 1. The Labute approximate surface area is 138 Å². The number of benzene rings is 2. The molecule has 0 aliphatic heterocycles. The summed E-state index contributed by atoms with van der Waals surface area (Å²) in [7, 11) is 0. The Morgan fingerprint density at radius 1 is 1.30 bits per heavy atom. The molecule has 0 saturated heterocycles. The van der Waals surface area contributed by atoms with Gasteiger partial charge in [-0.15, -0.1) is 0 Å². The lowest BCUT2D eigenvalue weighted by atomic mass is 10.2. The molecule has 0 atom stereocenters. The van der Waals surface area contributed by atoms with Gasteiger partial charge in [-0.3, -0.25) is 4.79 Å². The molecule has 0 aromatic heterocycles. The van der Waals surface area contributed by atoms with Crippen LogP contribution in [0.25, 0.3) is 0 Å². The first kappa shape index (κ1) is 15.0. The normalized spacial score (nSPS) is 10.7. The number of carbonyl (C=O) groups excluding carboxylic acids is 1. The SMILES string of the molecule is O=C(NN=Cc1cc(Br)ccc1O)c1cccc(I)c1. The van der Waals surface area contributed by atoms with E-state index < -0.39 is 0 Å². The number of phenols is 1. The van der Waals surface area contributed by atoms with Crippen LogP contribution in [0.3, 0.4) is 0 Å². The Morgan fingerprint density at radius 3 is 2.85 bits per heavy atom. The van der Waals surface area contributed by atoms with E-state index in [1.165, 1.54) is 6.21 Å². The van der Waals surface area contributed by atoms with Crippen LogP contribution in [0.4, 0.5) is 0 Å². The van der Waals surface area contributed by atoms with Crippen molar-refractivity contribution in [2.45, 2.75) is 0 Å². The van der Waals surface area contributed by atoms with E-state index in [9.17, 15) is 9.90 Å². The van der Waals surface area contributed by atoms with Crippen molar-refractivity contribution in [3.8, 4) is 5.75 Å². The second kappa shape index (κ2) is 6.85. The molecule has 2 aromatic rings. The van der Waals surface area contributed by atoms with Crippen molar-refractivity contribution in [3.05, 3.63) is 61.6 Å². The Balaban J connectivity index is 2.06. The zero-order valence-corrected chi connectivity index (χ0v) is 13.9. The van der Waals surface area contributed by atoms with Crippen molar-refractivity contribution in [1.29, 1.82) is 0 Å². The number of nitrogens with zero attached hydrogens (tertiary/aromatic N) is 1. The molecule has 2 aromatic carbocycles. The minimum absolute atomic E-state index is 0.0976. The molecular formula is C14H10BrIN2O2. The highest BCUT2D eigenvalue weighted by molar-refractivity contribution is 14.1. The molecule has 1 amide bonds. The molecule has 0 heterocycles. The third-order valence-corrected chi connectivity index (χ3v) is 3.61. The first-order chi connectivity index (χ1) is 9.56. The van der Waals surface area contributed by atoms with Crippen LogP contribution in [0.2, 0.25) is 0 Å². The smallest absolute Gasteiger partial charge is 0.271 e. The summed E-state index contributed by atoms with van der Waals surface area (Å²) in [6.07, 6.45) is 1.39. The average Bonchev–Trinajstić information content (AvgIpc) is 2.42. The van der Waals surface area contributed by atoms with Gasteiger partial charge in [-0.2, -0.15) is 5.10 Å². The minimum Gasteiger partial charge on any atom is -0.507 e. The molecule has 6 heteroatoms. The van der Waals surface area contributed by atoms with Crippen LogP contribution in [0.5, 0.6) is 5.75 Å². The average molecular weight is 445 g/mol. The Bertz CT molecular complexity index is 674. The van der Waals surface area contributed by atoms with E-state index in [0.29, 0.717) is 11.1 Å². The van der Waals surface area contributed by atoms with Gasteiger partial charge in [-0.25, -0.2) is 5.43 Å². The van der Waals surface area contributed by atoms with E-state index in [1.54, 1.807) is 36.4 Å². The molecule has 0 aliphatic rings. The van der Waals surface area contributed by atoms with Crippen LogP contribution >= 0.6 is 38.5 Å². The van der Waals surface area contributed by atoms with E-state index in [1.807, 2.05) is 6.07 Å². The summed E-state index contributed by atoms with van der Waals surface area (Å²) < 4.78 is 1.80. The van der Waals surface area contributed by atoms with E-state index in [-0.39, 0.29) is 11.7 Å². The Kier molecular flexibility index (Phi) is 5.13. The fraction of sp³-hybridized carbons (Fsp3) is 0. The molecule has 0 aliphatic carbocycles. The number of phenolic OH excluding ortho intramolecular Hbond substituents is 1. The maximum absolute atomic E-state index is 11.8. The second-order valence-electron chi connectivity index (χ2n) is 3.91. The number of carbonyl (C=O) groups is 1. The quantitative estimate of drug-likeness (QED) is 0.432. The van der Waals surface area contributed by atoms with E-state index in [0.717, 1.165) is 8.04 Å².